The molecule has 5 heteroatoms. The van der Waals surface area contributed by atoms with E-state index >= 15 is 0 Å². The third-order valence-electron chi connectivity index (χ3n) is 7.31. The van der Waals surface area contributed by atoms with Crippen molar-refractivity contribution < 1.29 is 24.4 Å². The molecule has 3 fully saturated rings. The summed E-state index contributed by atoms with van der Waals surface area (Å²) in [4.78, 5) is 0. The van der Waals surface area contributed by atoms with Gasteiger partial charge in [-0.25, -0.2) is 0 Å². The molecule has 7 unspecified atom stereocenters. The van der Waals surface area contributed by atoms with Crippen molar-refractivity contribution in [1.29, 1.82) is 0 Å². The van der Waals surface area contributed by atoms with Gasteiger partial charge in [0.05, 0.1) is 0 Å². The van der Waals surface area contributed by atoms with E-state index in [0.717, 1.165) is 31.4 Å². The Bertz CT molecular complexity index is 722. The molecule has 0 aromatic heterocycles. The average molecular weight is 405 g/mol. The van der Waals surface area contributed by atoms with Crippen molar-refractivity contribution in [1.82, 2.24) is 0 Å². The van der Waals surface area contributed by atoms with Crippen molar-refractivity contribution in [3.63, 3.8) is 0 Å². The summed E-state index contributed by atoms with van der Waals surface area (Å²) in [6.45, 7) is 10.3. The van der Waals surface area contributed by atoms with Crippen molar-refractivity contribution in [3.05, 3.63) is 29.8 Å². The molecule has 3 aliphatic rings. The first-order chi connectivity index (χ1) is 13.5. The Hall–Kier alpha value is -1.14. The summed E-state index contributed by atoms with van der Waals surface area (Å²) in [5.41, 5.74) is 0.254. The molecule has 0 spiro atoms. The molecule has 0 bridgehead atoms. The van der Waals surface area contributed by atoms with Crippen LogP contribution in [0.5, 0.6) is 5.75 Å². The van der Waals surface area contributed by atoms with Crippen LogP contribution in [0.25, 0.3) is 0 Å². The summed E-state index contributed by atoms with van der Waals surface area (Å²) in [6, 6.07) is 8.13. The molecule has 7 atom stereocenters. The Morgan fingerprint density at radius 3 is 2.41 bits per heavy atom. The van der Waals surface area contributed by atoms with Crippen molar-refractivity contribution in [2.45, 2.75) is 96.1 Å². The zero-order chi connectivity index (χ0) is 21.0. The summed E-state index contributed by atoms with van der Waals surface area (Å²) < 4.78 is 18.4. The Balaban J connectivity index is 1.58. The van der Waals surface area contributed by atoms with Gasteiger partial charge < -0.3 is 24.4 Å². The van der Waals surface area contributed by atoms with E-state index in [1.807, 2.05) is 12.1 Å². The smallest absolute Gasteiger partial charge is 0.205 e. The molecule has 4 rings (SSSR count). The first-order valence-corrected chi connectivity index (χ1v) is 11.1. The van der Waals surface area contributed by atoms with Gasteiger partial charge in [-0.05, 0) is 55.2 Å². The molecule has 1 saturated carbocycles. The van der Waals surface area contributed by atoms with Crippen molar-refractivity contribution in [2.24, 2.45) is 17.8 Å². The molecule has 2 heterocycles. The van der Waals surface area contributed by atoms with E-state index < -0.39 is 24.0 Å². The third kappa shape index (κ3) is 3.83. The van der Waals surface area contributed by atoms with E-state index in [2.05, 4.69) is 39.8 Å². The summed E-state index contributed by atoms with van der Waals surface area (Å²) >= 11 is 0. The second-order valence-corrected chi connectivity index (χ2v) is 10.5. The van der Waals surface area contributed by atoms with Gasteiger partial charge in [0.15, 0.2) is 12.1 Å². The lowest BCUT2D eigenvalue weighted by Crippen LogP contribution is -2.66. The number of benzene rings is 1. The largest absolute Gasteiger partial charge is 0.465 e. The molecule has 2 saturated heterocycles. The minimum Gasteiger partial charge on any atom is -0.465 e. The molecular formula is C24H36O5. The van der Waals surface area contributed by atoms with Crippen molar-refractivity contribution in [2.75, 3.05) is 0 Å². The van der Waals surface area contributed by atoms with Crippen LogP contribution in [0.1, 0.15) is 72.3 Å². The fraction of sp³-hybridized carbons (Fsp3) is 0.750. The molecule has 1 aliphatic carbocycles. The number of hydrogen-bond donors (Lipinski definition) is 2. The van der Waals surface area contributed by atoms with Crippen LogP contribution in [-0.2, 0) is 14.9 Å². The summed E-state index contributed by atoms with van der Waals surface area (Å²) in [6.07, 6.45) is 2.77. The Kier molecular flexibility index (Phi) is 5.26. The van der Waals surface area contributed by atoms with Crippen LogP contribution in [0.3, 0.4) is 0 Å². The van der Waals surface area contributed by atoms with Crippen molar-refractivity contribution in [3.8, 4) is 5.75 Å². The van der Waals surface area contributed by atoms with E-state index in [0.29, 0.717) is 6.42 Å². The fourth-order valence-electron chi connectivity index (χ4n) is 5.48. The van der Waals surface area contributed by atoms with Crippen LogP contribution in [0.2, 0.25) is 0 Å². The van der Waals surface area contributed by atoms with Gasteiger partial charge in [0.1, 0.15) is 11.4 Å². The molecule has 5 nitrogen and oxygen atoms in total. The number of ether oxygens (including phenoxy) is 3. The molecule has 29 heavy (non-hydrogen) atoms. The predicted molar refractivity (Wildman–Crippen MR) is 110 cm³/mol. The zero-order valence-corrected chi connectivity index (χ0v) is 18.4. The first-order valence-electron chi connectivity index (χ1n) is 11.1. The maximum absolute atomic E-state index is 11.7. The molecular weight excluding hydrogens is 368 g/mol. The van der Waals surface area contributed by atoms with Gasteiger partial charge >= 0.3 is 0 Å². The SMILES string of the molecule is CC1C(Oc2ccc(C(C)(C)C)cc2)OC2OC(C)(O)CCC3CCCC1C32O. The number of aliphatic hydroxyl groups is 2. The molecule has 2 N–H and O–H groups in total. The lowest BCUT2D eigenvalue weighted by Gasteiger charge is -2.55. The van der Waals surface area contributed by atoms with Gasteiger partial charge in [-0.2, -0.15) is 0 Å². The lowest BCUT2D eigenvalue weighted by molar-refractivity contribution is -0.396. The quantitative estimate of drug-likeness (QED) is 0.767. The van der Waals surface area contributed by atoms with E-state index in [1.165, 1.54) is 5.56 Å². The highest BCUT2D eigenvalue weighted by Gasteiger charge is 2.62. The molecule has 0 amide bonds. The summed E-state index contributed by atoms with van der Waals surface area (Å²) in [7, 11) is 0. The van der Waals surface area contributed by atoms with Crippen LogP contribution in [-0.4, -0.2) is 34.2 Å². The maximum atomic E-state index is 11.7. The van der Waals surface area contributed by atoms with Crippen molar-refractivity contribution >= 4 is 0 Å². The van der Waals surface area contributed by atoms with Gasteiger partial charge in [0.25, 0.3) is 0 Å². The van der Waals surface area contributed by atoms with Gasteiger partial charge in [-0.15, -0.1) is 0 Å². The highest BCUT2D eigenvalue weighted by Crippen LogP contribution is 2.54. The number of hydrogen-bond acceptors (Lipinski definition) is 5. The van der Waals surface area contributed by atoms with Gasteiger partial charge in [0, 0.05) is 18.3 Å². The third-order valence-corrected chi connectivity index (χ3v) is 7.31. The second-order valence-electron chi connectivity index (χ2n) is 10.5. The number of rotatable bonds is 2. The summed E-state index contributed by atoms with van der Waals surface area (Å²) in [5, 5.41) is 22.4. The summed E-state index contributed by atoms with van der Waals surface area (Å²) in [5.74, 6) is -0.439. The highest BCUT2D eigenvalue weighted by molar-refractivity contribution is 5.31. The van der Waals surface area contributed by atoms with E-state index in [1.54, 1.807) is 6.92 Å². The van der Waals surface area contributed by atoms with Gasteiger partial charge in [-0.1, -0.05) is 46.2 Å². The van der Waals surface area contributed by atoms with Crippen LogP contribution < -0.4 is 4.74 Å². The Labute approximate surface area is 174 Å². The van der Waals surface area contributed by atoms with E-state index in [-0.39, 0.29) is 23.2 Å². The monoisotopic (exact) mass is 404 g/mol. The van der Waals surface area contributed by atoms with Crippen LogP contribution in [0, 0.1) is 17.8 Å². The molecule has 1 aromatic carbocycles. The first kappa shape index (κ1) is 21.1. The standard InChI is InChI=1S/C24H36O5/c1-15-19-8-6-7-17-13-14-23(5,25)29-21(24(17,19)26)28-20(15)27-18-11-9-16(10-12-18)22(2,3)4/h9-12,15,17,19-21,25-26H,6-8,13-14H2,1-5H3. The van der Waals surface area contributed by atoms with E-state index in [9.17, 15) is 10.2 Å². The normalized spacial score (nSPS) is 42.7. The van der Waals surface area contributed by atoms with Crippen LogP contribution in [0.4, 0.5) is 0 Å². The van der Waals surface area contributed by atoms with Crippen LogP contribution >= 0.6 is 0 Å². The van der Waals surface area contributed by atoms with Gasteiger partial charge in [-0.3, -0.25) is 0 Å². The maximum Gasteiger partial charge on any atom is 0.205 e. The topological polar surface area (TPSA) is 68.2 Å². The average Bonchev–Trinajstić information content (AvgIpc) is 2.73. The predicted octanol–water partition coefficient (Wildman–Crippen LogP) is 4.35. The lowest BCUT2D eigenvalue weighted by atomic mass is 9.61. The fourth-order valence-corrected chi connectivity index (χ4v) is 5.48. The van der Waals surface area contributed by atoms with Crippen LogP contribution in [0.15, 0.2) is 24.3 Å². The second kappa shape index (κ2) is 7.23. The highest BCUT2D eigenvalue weighted by atomic mass is 16.8. The minimum atomic E-state index is -1.30. The van der Waals surface area contributed by atoms with E-state index in [4.69, 9.17) is 14.2 Å². The Morgan fingerprint density at radius 2 is 1.76 bits per heavy atom. The zero-order valence-electron chi connectivity index (χ0n) is 18.4. The molecule has 1 aromatic rings. The minimum absolute atomic E-state index is 0.0211. The molecule has 0 radical (unpaired) electrons. The molecule has 162 valence electrons. The Morgan fingerprint density at radius 1 is 1.07 bits per heavy atom. The van der Waals surface area contributed by atoms with Gasteiger partial charge in [0.2, 0.25) is 6.29 Å². The molecule has 2 aliphatic heterocycles.